The molecule has 3 nitrogen and oxygen atoms in total. The van der Waals surface area contributed by atoms with Crippen molar-refractivity contribution in [1.82, 2.24) is 0 Å². The number of carbonyl (C=O) groups excluding carboxylic acids is 2. The van der Waals surface area contributed by atoms with Gasteiger partial charge in [0.15, 0.2) is 5.12 Å². The summed E-state index contributed by atoms with van der Waals surface area (Å²) in [6.45, 7) is 7.83. The third-order valence-electron chi connectivity index (χ3n) is 3.77. The van der Waals surface area contributed by atoms with Crippen LogP contribution in [-0.4, -0.2) is 11.0 Å². The van der Waals surface area contributed by atoms with Crippen molar-refractivity contribution in [1.29, 1.82) is 0 Å². The van der Waals surface area contributed by atoms with Crippen molar-refractivity contribution in [3.8, 4) is 0 Å². The Morgan fingerprint density at radius 1 is 1.00 bits per heavy atom. The van der Waals surface area contributed by atoms with Crippen LogP contribution in [0.4, 0.5) is 5.69 Å². The number of anilines is 1. The maximum atomic E-state index is 12.2. The Balaban J connectivity index is 2.50. The molecular weight excluding hydrogens is 318 g/mol. The Morgan fingerprint density at radius 3 is 2.29 bits per heavy atom. The number of benzene rings is 1. The summed E-state index contributed by atoms with van der Waals surface area (Å²) in [4.78, 5) is 25.2. The number of thioether (sulfide) groups is 1. The third-order valence-corrected chi connectivity index (χ3v) is 4.78. The minimum atomic E-state index is -0.458. The molecule has 0 aromatic heterocycles. The molecule has 0 aliphatic heterocycles. The Hall–Kier alpha value is -1.29. The van der Waals surface area contributed by atoms with Gasteiger partial charge in [-0.2, -0.15) is 0 Å². The maximum absolute atomic E-state index is 12.2. The molecule has 1 amide bonds. The minimum Gasteiger partial charge on any atom is -0.325 e. The highest BCUT2D eigenvalue weighted by atomic mass is 32.2. The van der Waals surface area contributed by atoms with Crippen molar-refractivity contribution < 1.29 is 9.59 Å². The first kappa shape index (κ1) is 20.8. The monoisotopic (exact) mass is 349 g/mol. The normalized spacial score (nSPS) is 11.3. The van der Waals surface area contributed by atoms with E-state index >= 15 is 0 Å². The van der Waals surface area contributed by atoms with Gasteiger partial charge in [0.25, 0.3) is 0 Å². The molecule has 24 heavy (non-hydrogen) atoms. The van der Waals surface area contributed by atoms with Crippen molar-refractivity contribution in [2.24, 2.45) is 5.41 Å². The van der Waals surface area contributed by atoms with Crippen LogP contribution < -0.4 is 5.32 Å². The molecule has 1 aromatic rings. The molecule has 134 valence electrons. The van der Waals surface area contributed by atoms with Gasteiger partial charge in [0.05, 0.1) is 5.69 Å². The van der Waals surface area contributed by atoms with Crippen LogP contribution in [0.3, 0.4) is 0 Å². The van der Waals surface area contributed by atoms with Crippen molar-refractivity contribution in [2.45, 2.75) is 77.5 Å². The standard InChI is InChI=1S/C20H31NO2S/c1-5-6-7-8-9-10-15-18(22)24-17-14-12-11-13-16(17)21-19(23)20(2,3)4/h11-14H,5-10,15H2,1-4H3,(H,21,23). The van der Waals surface area contributed by atoms with Gasteiger partial charge in [-0.05, 0) is 30.3 Å². The lowest BCUT2D eigenvalue weighted by atomic mass is 9.95. The van der Waals surface area contributed by atoms with Crippen LogP contribution in [0.1, 0.15) is 72.6 Å². The number of hydrogen-bond donors (Lipinski definition) is 1. The summed E-state index contributed by atoms with van der Waals surface area (Å²) in [6, 6.07) is 7.51. The first-order valence-corrected chi connectivity index (χ1v) is 9.77. The summed E-state index contributed by atoms with van der Waals surface area (Å²) in [7, 11) is 0. The zero-order chi connectivity index (χ0) is 18.0. The van der Waals surface area contributed by atoms with E-state index in [1.807, 2.05) is 45.0 Å². The Kier molecular flexibility index (Phi) is 9.12. The second-order valence-electron chi connectivity index (χ2n) is 7.19. The van der Waals surface area contributed by atoms with E-state index in [-0.39, 0.29) is 11.0 Å². The molecular formula is C20H31NO2S. The van der Waals surface area contributed by atoms with Gasteiger partial charge in [0, 0.05) is 16.7 Å². The summed E-state index contributed by atoms with van der Waals surface area (Å²) >= 11 is 1.24. The van der Waals surface area contributed by atoms with Crippen LogP contribution in [0.5, 0.6) is 0 Å². The number of rotatable bonds is 9. The number of unbranched alkanes of at least 4 members (excludes halogenated alkanes) is 5. The molecule has 0 fully saturated rings. The van der Waals surface area contributed by atoms with Crippen LogP contribution >= 0.6 is 11.8 Å². The first-order valence-electron chi connectivity index (χ1n) is 8.95. The molecule has 0 heterocycles. The predicted octanol–water partition coefficient (Wildman–Crippen LogP) is 6.04. The van der Waals surface area contributed by atoms with E-state index in [0.29, 0.717) is 6.42 Å². The molecule has 0 saturated heterocycles. The fourth-order valence-corrected chi connectivity index (χ4v) is 3.06. The van der Waals surface area contributed by atoms with E-state index in [2.05, 4.69) is 12.2 Å². The summed E-state index contributed by atoms with van der Waals surface area (Å²) < 4.78 is 0. The lowest BCUT2D eigenvalue weighted by Crippen LogP contribution is -2.27. The fraction of sp³-hybridized carbons (Fsp3) is 0.600. The van der Waals surface area contributed by atoms with Gasteiger partial charge in [-0.25, -0.2) is 0 Å². The molecule has 0 unspecified atom stereocenters. The lowest BCUT2D eigenvalue weighted by molar-refractivity contribution is -0.123. The molecule has 0 radical (unpaired) electrons. The zero-order valence-electron chi connectivity index (χ0n) is 15.5. The van der Waals surface area contributed by atoms with E-state index in [9.17, 15) is 9.59 Å². The smallest absolute Gasteiger partial charge is 0.229 e. The number of para-hydroxylation sites is 1. The Labute approximate surface area is 151 Å². The summed E-state index contributed by atoms with van der Waals surface area (Å²) in [5.74, 6) is -0.0427. The molecule has 4 heteroatoms. The number of hydrogen-bond acceptors (Lipinski definition) is 3. The first-order chi connectivity index (χ1) is 11.3. The number of carbonyl (C=O) groups is 2. The molecule has 1 aromatic carbocycles. The van der Waals surface area contributed by atoms with E-state index in [4.69, 9.17) is 0 Å². The quantitative estimate of drug-likeness (QED) is 0.436. The third kappa shape index (κ3) is 8.00. The maximum Gasteiger partial charge on any atom is 0.229 e. The van der Waals surface area contributed by atoms with Crippen molar-refractivity contribution in [2.75, 3.05) is 5.32 Å². The average Bonchev–Trinajstić information content (AvgIpc) is 2.51. The van der Waals surface area contributed by atoms with E-state index in [1.54, 1.807) is 0 Å². The molecule has 0 aliphatic rings. The van der Waals surface area contributed by atoms with Gasteiger partial charge in [0.2, 0.25) is 5.91 Å². The van der Waals surface area contributed by atoms with Crippen molar-refractivity contribution in [3.05, 3.63) is 24.3 Å². The molecule has 0 saturated carbocycles. The van der Waals surface area contributed by atoms with E-state index in [0.717, 1.165) is 23.4 Å². The highest BCUT2D eigenvalue weighted by molar-refractivity contribution is 8.13. The molecule has 0 atom stereocenters. The molecule has 1 N–H and O–H groups in total. The van der Waals surface area contributed by atoms with Gasteiger partial charge in [-0.3, -0.25) is 9.59 Å². The van der Waals surface area contributed by atoms with Crippen molar-refractivity contribution in [3.63, 3.8) is 0 Å². The largest absolute Gasteiger partial charge is 0.325 e. The second kappa shape index (κ2) is 10.5. The Morgan fingerprint density at radius 2 is 1.62 bits per heavy atom. The highest BCUT2D eigenvalue weighted by Gasteiger charge is 2.22. The summed E-state index contributed by atoms with van der Waals surface area (Å²) in [5.41, 5.74) is 0.263. The average molecular weight is 350 g/mol. The summed E-state index contributed by atoms with van der Waals surface area (Å²) in [6.07, 6.45) is 7.66. The predicted molar refractivity (Wildman–Crippen MR) is 103 cm³/mol. The van der Waals surface area contributed by atoms with Gasteiger partial charge in [-0.1, -0.05) is 71.9 Å². The molecule has 1 rings (SSSR count). The van der Waals surface area contributed by atoms with Crippen molar-refractivity contribution >= 4 is 28.5 Å². The SMILES string of the molecule is CCCCCCCCC(=O)Sc1ccccc1NC(=O)C(C)(C)C. The van der Waals surface area contributed by atoms with Crippen LogP contribution in [0, 0.1) is 5.41 Å². The van der Waals surface area contributed by atoms with E-state index in [1.165, 1.54) is 37.4 Å². The summed E-state index contributed by atoms with van der Waals surface area (Å²) in [5, 5.41) is 3.10. The lowest BCUT2D eigenvalue weighted by Gasteiger charge is -2.19. The number of amides is 1. The van der Waals surface area contributed by atoms with Gasteiger partial charge >= 0.3 is 0 Å². The second-order valence-corrected chi connectivity index (χ2v) is 8.29. The van der Waals surface area contributed by atoms with Crippen LogP contribution in [-0.2, 0) is 9.59 Å². The molecule has 0 aliphatic carbocycles. The van der Waals surface area contributed by atoms with Gasteiger partial charge in [-0.15, -0.1) is 0 Å². The number of nitrogens with one attached hydrogen (secondary N) is 1. The van der Waals surface area contributed by atoms with Crippen LogP contribution in [0.15, 0.2) is 29.2 Å². The Bertz CT molecular complexity index is 535. The van der Waals surface area contributed by atoms with Gasteiger partial charge < -0.3 is 5.32 Å². The fourth-order valence-electron chi connectivity index (χ4n) is 2.19. The molecule has 0 bridgehead atoms. The van der Waals surface area contributed by atoms with Crippen LogP contribution in [0.2, 0.25) is 0 Å². The van der Waals surface area contributed by atoms with Crippen LogP contribution in [0.25, 0.3) is 0 Å². The van der Waals surface area contributed by atoms with E-state index < -0.39 is 5.41 Å². The zero-order valence-corrected chi connectivity index (χ0v) is 16.3. The molecule has 0 spiro atoms. The minimum absolute atomic E-state index is 0.0427. The highest BCUT2D eigenvalue weighted by Crippen LogP contribution is 2.30. The topological polar surface area (TPSA) is 46.2 Å². The van der Waals surface area contributed by atoms with Gasteiger partial charge in [0.1, 0.15) is 0 Å².